The van der Waals surface area contributed by atoms with Gasteiger partial charge < -0.3 is 9.84 Å². The summed E-state index contributed by atoms with van der Waals surface area (Å²) in [6.45, 7) is 8.12. The molecule has 0 aromatic heterocycles. The lowest BCUT2D eigenvalue weighted by Gasteiger charge is -2.35. The quantitative estimate of drug-likeness (QED) is 0.840. The van der Waals surface area contributed by atoms with Crippen LogP contribution in [-0.2, 0) is 6.54 Å². The molecular formula is C21H28N2O2. The summed E-state index contributed by atoms with van der Waals surface area (Å²) in [6, 6.07) is 18.5. The van der Waals surface area contributed by atoms with Crippen molar-refractivity contribution in [3.05, 3.63) is 65.7 Å². The Bertz CT molecular complexity index is 639. The van der Waals surface area contributed by atoms with Crippen LogP contribution in [0.5, 0.6) is 5.75 Å². The topological polar surface area (TPSA) is 35.9 Å². The highest BCUT2D eigenvalue weighted by atomic mass is 16.5. The molecule has 3 rings (SSSR count). The summed E-state index contributed by atoms with van der Waals surface area (Å²) < 4.78 is 5.75. The summed E-state index contributed by atoms with van der Waals surface area (Å²) in [6.07, 6.45) is -0.458. The van der Waals surface area contributed by atoms with E-state index >= 15 is 0 Å². The third kappa shape index (κ3) is 5.56. The van der Waals surface area contributed by atoms with Gasteiger partial charge >= 0.3 is 0 Å². The average Bonchev–Trinajstić information content (AvgIpc) is 2.64. The number of aryl methyl sites for hydroxylation is 1. The van der Waals surface area contributed by atoms with E-state index in [4.69, 9.17) is 4.74 Å². The summed E-state index contributed by atoms with van der Waals surface area (Å²) >= 11 is 0. The van der Waals surface area contributed by atoms with Gasteiger partial charge in [0.1, 0.15) is 18.5 Å². The van der Waals surface area contributed by atoms with Crippen LogP contribution in [0, 0.1) is 6.92 Å². The van der Waals surface area contributed by atoms with Gasteiger partial charge in [-0.25, -0.2) is 0 Å². The largest absolute Gasteiger partial charge is 0.491 e. The molecule has 25 heavy (non-hydrogen) atoms. The Labute approximate surface area is 150 Å². The molecule has 0 spiro atoms. The van der Waals surface area contributed by atoms with E-state index in [9.17, 15) is 5.11 Å². The minimum Gasteiger partial charge on any atom is -0.491 e. The first-order valence-corrected chi connectivity index (χ1v) is 9.06. The van der Waals surface area contributed by atoms with E-state index in [0.717, 1.165) is 44.0 Å². The number of piperazine rings is 1. The number of rotatable bonds is 7. The maximum Gasteiger partial charge on any atom is 0.122 e. The highest BCUT2D eigenvalue weighted by molar-refractivity contribution is 5.31. The number of hydrogen-bond donors (Lipinski definition) is 1. The Balaban J connectivity index is 1.37. The van der Waals surface area contributed by atoms with Crippen molar-refractivity contribution in [2.75, 3.05) is 39.3 Å². The first-order chi connectivity index (χ1) is 12.2. The van der Waals surface area contributed by atoms with Crippen LogP contribution in [-0.4, -0.2) is 60.3 Å². The van der Waals surface area contributed by atoms with Crippen LogP contribution in [0.4, 0.5) is 0 Å². The molecule has 4 heteroatoms. The van der Waals surface area contributed by atoms with Crippen molar-refractivity contribution in [1.29, 1.82) is 0 Å². The van der Waals surface area contributed by atoms with E-state index in [0.29, 0.717) is 13.2 Å². The lowest BCUT2D eigenvalue weighted by molar-refractivity contribution is 0.0445. The third-order valence-electron chi connectivity index (χ3n) is 4.71. The number of β-amino-alcohol motifs (C(OH)–C–C–N with tert-alkyl or cyclic N) is 1. The molecule has 1 aliphatic rings. The van der Waals surface area contributed by atoms with Crippen molar-refractivity contribution in [3.8, 4) is 5.75 Å². The lowest BCUT2D eigenvalue weighted by Crippen LogP contribution is -2.48. The van der Waals surface area contributed by atoms with Gasteiger partial charge in [0.15, 0.2) is 0 Å². The van der Waals surface area contributed by atoms with Gasteiger partial charge in [0.25, 0.3) is 0 Å². The van der Waals surface area contributed by atoms with Crippen molar-refractivity contribution in [2.24, 2.45) is 0 Å². The van der Waals surface area contributed by atoms with Crippen molar-refractivity contribution >= 4 is 0 Å². The fourth-order valence-electron chi connectivity index (χ4n) is 3.23. The highest BCUT2D eigenvalue weighted by Crippen LogP contribution is 2.16. The molecule has 2 aromatic rings. The Morgan fingerprint density at radius 3 is 2.28 bits per heavy atom. The zero-order valence-corrected chi connectivity index (χ0v) is 15.0. The molecule has 1 aliphatic heterocycles. The lowest BCUT2D eigenvalue weighted by atomic mass is 10.2. The molecule has 134 valence electrons. The van der Waals surface area contributed by atoms with Gasteiger partial charge in [-0.1, -0.05) is 48.5 Å². The number of benzene rings is 2. The Hall–Kier alpha value is -1.88. The van der Waals surface area contributed by atoms with E-state index < -0.39 is 6.10 Å². The first-order valence-electron chi connectivity index (χ1n) is 9.06. The van der Waals surface area contributed by atoms with E-state index in [1.807, 2.05) is 31.2 Å². The molecule has 0 aliphatic carbocycles. The summed E-state index contributed by atoms with van der Waals surface area (Å²) in [4.78, 5) is 4.80. The predicted octanol–water partition coefficient (Wildman–Crippen LogP) is 2.55. The van der Waals surface area contributed by atoms with Crippen molar-refractivity contribution in [1.82, 2.24) is 9.80 Å². The molecule has 0 amide bonds. The van der Waals surface area contributed by atoms with Gasteiger partial charge in [0, 0.05) is 39.3 Å². The van der Waals surface area contributed by atoms with Crippen molar-refractivity contribution in [3.63, 3.8) is 0 Å². The smallest absolute Gasteiger partial charge is 0.122 e. The van der Waals surface area contributed by atoms with Gasteiger partial charge in [-0.2, -0.15) is 0 Å². The maximum absolute atomic E-state index is 10.3. The van der Waals surface area contributed by atoms with Crippen LogP contribution in [0.15, 0.2) is 54.6 Å². The molecule has 0 bridgehead atoms. The predicted molar refractivity (Wildman–Crippen MR) is 101 cm³/mol. The molecule has 0 saturated carbocycles. The zero-order valence-electron chi connectivity index (χ0n) is 15.0. The minimum absolute atomic E-state index is 0.342. The molecule has 2 aromatic carbocycles. The van der Waals surface area contributed by atoms with E-state index in [1.54, 1.807) is 0 Å². The fraction of sp³-hybridized carbons (Fsp3) is 0.429. The van der Waals surface area contributed by atoms with Crippen molar-refractivity contribution in [2.45, 2.75) is 19.6 Å². The molecule has 1 fully saturated rings. The molecule has 1 saturated heterocycles. The van der Waals surface area contributed by atoms with Crippen LogP contribution in [0.3, 0.4) is 0 Å². The highest BCUT2D eigenvalue weighted by Gasteiger charge is 2.19. The second-order valence-corrected chi connectivity index (χ2v) is 6.79. The van der Waals surface area contributed by atoms with Crippen LogP contribution < -0.4 is 4.74 Å². The standard InChI is InChI=1S/C21H28N2O2/c1-18-7-5-6-10-21(18)25-17-20(24)16-23-13-11-22(12-14-23)15-19-8-3-2-4-9-19/h2-10,20,24H,11-17H2,1H3. The van der Waals surface area contributed by atoms with Gasteiger partial charge in [-0.3, -0.25) is 9.80 Å². The normalized spacial score (nSPS) is 17.4. The second-order valence-electron chi connectivity index (χ2n) is 6.79. The van der Waals surface area contributed by atoms with Crippen LogP contribution in [0.25, 0.3) is 0 Å². The number of aliphatic hydroxyl groups excluding tert-OH is 1. The molecular weight excluding hydrogens is 312 g/mol. The summed E-state index contributed by atoms with van der Waals surface area (Å²) in [5.74, 6) is 0.856. The fourth-order valence-corrected chi connectivity index (χ4v) is 3.23. The van der Waals surface area contributed by atoms with E-state index in [1.165, 1.54) is 5.56 Å². The van der Waals surface area contributed by atoms with Gasteiger partial charge in [0.2, 0.25) is 0 Å². The zero-order chi connectivity index (χ0) is 17.5. The average molecular weight is 340 g/mol. The van der Waals surface area contributed by atoms with E-state index in [2.05, 4.69) is 40.1 Å². The van der Waals surface area contributed by atoms with Crippen LogP contribution >= 0.6 is 0 Å². The number of hydrogen-bond acceptors (Lipinski definition) is 4. The summed E-state index contributed by atoms with van der Waals surface area (Å²) in [7, 11) is 0. The van der Waals surface area contributed by atoms with Gasteiger partial charge in [-0.15, -0.1) is 0 Å². The first kappa shape index (κ1) is 17.9. The van der Waals surface area contributed by atoms with E-state index in [-0.39, 0.29) is 0 Å². The van der Waals surface area contributed by atoms with Crippen LogP contribution in [0.1, 0.15) is 11.1 Å². The molecule has 1 unspecified atom stereocenters. The number of nitrogens with zero attached hydrogens (tertiary/aromatic N) is 2. The molecule has 1 N–H and O–H groups in total. The van der Waals surface area contributed by atoms with Gasteiger partial charge in [-0.05, 0) is 24.1 Å². The van der Waals surface area contributed by atoms with Crippen molar-refractivity contribution < 1.29 is 9.84 Å². The minimum atomic E-state index is -0.458. The van der Waals surface area contributed by atoms with Gasteiger partial charge in [0.05, 0.1) is 0 Å². The SMILES string of the molecule is Cc1ccccc1OCC(O)CN1CCN(Cc2ccccc2)CC1. The Kier molecular flexibility index (Phi) is 6.45. The molecule has 0 radical (unpaired) electrons. The third-order valence-corrected chi connectivity index (χ3v) is 4.71. The van der Waals surface area contributed by atoms with Crippen LogP contribution in [0.2, 0.25) is 0 Å². The summed E-state index contributed by atoms with van der Waals surface area (Å²) in [5, 5.41) is 10.3. The maximum atomic E-state index is 10.3. The Morgan fingerprint density at radius 1 is 0.920 bits per heavy atom. The second kappa shape index (κ2) is 8.99. The summed E-state index contributed by atoms with van der Waals surface area (Å²) in [5.41, 5.74) is 2.46. The molecule has 1 heterocycles. The molecule has 1 atom stereocenters. The number of ether oxygens (including phenoxy) is 1. The molecule has 4 nitrogen and oxygen atoms in total. The number of para-hydroxylation sites is 1. The Morgan fingerprint density at radius 2 is 1.56 bits per heavy atom. The number of aliphatic hydroxyl groups is 1. The monoisotopic (exact) mass is 340 g/mol.